The van der Waals surface area contributed by atoms with Crippen LogP contribution >= 0.6 is 0 Å². The fraction of sp³-hybridized carbons (Fsp3) is 0.316. The zero-order chi connectivity index (χ0) is 18.4. The summed E-state index contributed by atoms with van der Waals surface area (Å²) in [7, 11) is -3.75. The smallest absolute Gasteiger partial charge is 0.261 e. The number of rotatable bonds is 7. The lowest BCUT2D eigenvalue weighted by atomic mass is 10.1. The molecule has 2 aromatic rings. The zero-order valence-electron chi connectivity index (χ0n) is 14.7. The molecule has 0 aliphatic rings. The van der Waals surface area contributed by atoms with Crippen LogP contribution in [0.5, 0.6) is 0 Å². The summed E-state index contributed by atoms with van der Waals surface area (Å²) in [6, 6.07) is 13.2. The van der Waals surface area contributed by atoms with Gasteiger partial charge in [0.2, 0.25) is 0 Å². The summed E-state index contributed by atoms with van der Waals surface area (Å²) in [5, 5.41) is 2.91. The Morgan fingerprint density at radius 3 is 2.28 bits per heavy atom. The molecule has 2 rings (SSSR count). The van der Waals surface area contributed by atoms with Gasteiger partial charge in [-0.3, -0.25) is 9.52 Å². The van der Waals surface area contributed by atoms with Gasteiger partial charge < -0.3 is 5.32 Å². The van der Waals surface area contributed by atoms with Crippen LogP contribution in [0, 0.1) is 6.92 Å². The van der Waals surface area contributed by atoms with E-state index in [9.17, 15) is 13.2 Å². The molecule has 134 valence electrons. The Morgan fingerprint density at radius 1 is 1.04 bits per heavy atom. The van der Waals surface area contributed by atoms with Gasteiger partial charge in [0.25, 0.3) is 15.9 Å². The van der Waals surface area contributed by atoms with Crippen molar-refractivity contribution >= 4 is 21.6 Å². The molecule has 6 heteroatoms. The fourth-order valence-electron chi connectivity index (χ4n) is 2.40. The molecular formula is C19H24N2O3S. The van der Waals surface area contributed by atoms with Crippen molar-refractivity contribution in [3.8, 4) is 0 Å². The highest BCUT2D eigenvalue weighted by atomic mass is 32.2. The van der Waals surface area contributed by atoms with Crippen LogP contribution in [-0.4, -0.2) is 20.4 Å². The Balaban J connectivity index is 2.21. The SMILES string of the molecule is CCC(CC)NC(=O)c1cccc(S(=O)(=O)Nc2ccc(C)cc2)c1. The summed E-state index contributed by atoms with van der Waals surface area (Å²) in [6.45, 7) is 5.93. The number of hydrogen-bond acceptors (Lipinski definition) is 3. The summed E-state index contributed by atoms with van der Waals surface area (Å²) >= 11 is 0. The van der Waals surface area contributed by atoms with Gasteiger partial charge in [-0.1, -0.05) is 37.6 Å². The summed E-state index contributed by atoms with van der Waals surface area (Å²) in [5.41, 5.74) is 1.86. The molecule has 0 heterocycles. The highest BCUT2D eigenvalue weighted by molar-refractivity contribution is 7.92. The van der Waals surface area contributed by atoms with Gasteiger partial charge in [-0.25, -0.2) is 8.42 Å². The average Bonchev–Trinajstić information content (AvgIpc) is 2.61. The second-order valence-corrected chi connectivity index (χ2v) is 7.67. The fourth-order valence-corrected chi connectivity index (χ4v) is 3.51. The largest absolute Gasteiger partial charge is 0.349 e. The second-order valence-electron chi connectivity index (χ2n) is 5.99. The molecule has 0 saturated carbocycles. The first-order valence-electron chi connectivity index (χ1n) is 8.36. The van der Waals surface area contributed by atoms with Crippen molar-refractivity contribution in [1.82, 2.24) is 5.32 Å². The predicted octanol–water partition coefficient (Wildman–Crippen LogP) is 3.71. The second kappa shape index (κ2) is 8.16. The van der Waals surface area contributed by atoms with E-state index in [-0.39, 0.29) is 16.8 Å². The molecule has 1 amide bonds. The van der Waals surface area contributed by atoms with Crippen molar-refractivity contribution in [3.63, 3.8) is 0 Å². The molecule has 0 saturated heterocycles. The van der Waals surface area contributed by atoms with E-state index >= 15 is 0 Å². The number of anilines is 1. The van der Waals surface area contributed by atoms with Gasteiger partial charge in [-0.05, 0) is 50.1 Å². The quantitative estimate of drug-likeness (QED) is 0.790. The van der Waals surface area contributed by atoms with Crippen LogP contribution in [0.25, 0.3) is 0 Å². The minimum absolute atomic E-state index is 0.0604. The van der Waals surface area contributed by atoms with E-state index in [1.807, 2.05) is 32.9 Å². The van der Waals surface area contributed by atoms with Gasteiger partial charge in [0.1, 0.15) is 0 Å². The van der Waals surface area contributed by atoms with Gasteiger partial charge in [-0.2, -0.15) is 0 Å². The van der Waals surface area contributed by atoms with Crippen LogP contribution in [0.4, 0.5) is 5.69 Å². The van der Waals surface area contributed by atoms with Gasteiger partial charge in [-0.15, -0.1) is 0 Å². The molecule has 0 unspecified atom stereocenters. The van der Waals surface area contributed by atoms with E-state index in [1.54, 1.807) is 24.3 Å². The first kappa shape index (κ1) is 19.0. The van der Waals surface area contributed by atoms with Crippen molar-refractivity contribution in [2.24, 2.45) is 0 Å². The maximum absolute atomic E-state index is 12.6. The molecule has 5 nitrogen and oxygen atoms in total. The molecule has 0 atom stereocenters. The highest BCUT2D eigenvalue weighted by Gasteiger charge is 2.17. The summed E-state index contributed by atoms with van der Waals surface area (Å²) in [4.78, 5) is 12.4. The maximum atomic E-state index is 12.6. The molecule has 0 aliphatic carbocycles. The van der Waals surface area contributed by atoms with E-state index in [4.69, 9.17) is 0 Å². The van der Waals surface area contributed by atoms with Crippen LogP contribution in [0.3, 0.4) is 0 Å². The molecule has 0 aliphatic heterocycles. The van der Waals surface area contributed by atoms with E-state index < -0.39 is 10.0 Å². The number of sulfonamides is 1. The van der Waals surface area contributed by atoms with Crippen LogP contribution in [-0.2, 0) is 10.0 Å². The number of amides is 1. The molecule has 0 aromatic heterocycles. The maximum Gasteiger partial charge on any atom is 0.261 e. The molecule has 2 aromatic carbocycles. The lowest BCUT2D eigenvalue weighted by Gasteiger charge is -2.15. The van der Waals surface area contributed by atoms with Crippen LogP contribution in [0.1, 0.15) is 42.6 Å². The predicted molar refractivity (Wildman–Crippen MR) is 100 cm³/mol. The van der Waals surface area contributed by atoms with Crippen LogP contribution in [0.15, 0.2) is 53.4 Å². The average molecular weight is 360 g/mol. The third-order valence-corrected chi connectivity index (χ3v) is 5.41. The Bertz CT molecular complexity index is 826. The number of nitrogens with one attached hydrogen (secondary N) is 2. The molecule has 0 radical (unpaired) electrons. The van der Waals surface area contributed by atoms with E-state index in [0.29, 0.717) is 11.3 Å². The third kappa shape index (κ3) is 5.06. The standard InChI is InChI=1S/C19H24N2O3S/c1-4-16(5-2)20-19(22)15-7-6-8-18(13-15)25(23,24)21-17-11-9-14(3)10-12-17/h6-13,16,21H,4-5H2,1-3H3,(H,20,22). The van der Waals surface area contributed by atoms with Crippen molar-refractivity contribution < 1.29 is 13.2 Å². The Labute approximate surface area is 149 Å². The van der Waals surface area contributed by atoms with Crippen molar-refractivity contribution in [1.29, 1.82) is 0 Å². The summed E-state index contributed by atoms with van der Waals surface area (Å²) < 4.78 is 27.6. The lowest BCUT2D eigenvalue weighted by Crippen LogP contribution is -2.33. The van der Waals surface area contributed by atoms with Crippen LogP contribution in [0.2, 0.25) is 0 Å². The van der Waals surface area contributed by atoms with Gasteiger partial charge >= 0.3 is 0 Å². The minimum Gasteiger partial charge on any atom is -0.349 e. The Morgan fingerprint density at radius 2 is 1.68 bits per heavy atom. The summed E-state index contributed by atoms with van der Waals surface area (Å²) in [6.07, 6.45) is 1.66. The Kier molecular flexibility index (Phi) is 6.20. The van der Waals surface area contributed by atoms with Crippen LogP contribution < -0.4 is 10.0 Å². The number of hydrogen-bond donors (Lipinski definition) is 2. The highest BCUT2D eigenvalue weighted by Crippen LogP contribution is 2.18. The molecule has 2 N–H and O–H groups in total. The number of benzene rings is 2. The minimum atomic E-state index is -3.75. The topological polar surface area (TPSA) is 75.3 Å². The lowest BCUT2D eigenvalue weighted by molar-refractivity contribution is 0.0934. The molecular weight excluding hydrogens is 336 g/mol. The zero-order valence-corrected chi connectivity index (χ0v) is 15.6. The van der Waals surface area contributed by atoms with Crippen molar-refractivity contribution in [2.75, 3.05) is 4.72 Å². The number of aryl methyl sites for hydroxylation is 1. The van der Waals surface area contributed by atoms with Gasteiger partial charge in [0, 0.05) is 17.3 Å². The molecule has 0 spiro atoms. The monoisotopic (exact) mass is 360 g/mol. The Hall–Kier alpha value is -2.34. The molecule has 25 heavy (non-hydrogen) atoms. The molecule has 0 fully saturated rings. The van der Waals surface area contributed by atoms with Gasteiger partial charge in [0.05, 0.1) is 4.90 Å². The third-order valence-electron chi connectivity index (χ3n) is 4.03. The van der Waals surface area contributed by atoms with E-state index in [2.05, 4.69) is 10.0 Å². The molecule has 0 bridgehead atoms. The van der Waals surface area contributed by atoms with Crippen molar-refractivity contribution in [3.05, 3.63) is 59.7 Å². The first-order chi connectivity index (χ1) is 11.9. The number of carbonyl (C=O) groups excluding carboxylic acids is 1. The van der Waals surface area contributed by atoms with Gasteiger partial charge in [0.15, 0.2) is 0 Å². The van der Waals surface area contributed by atoms with Crippen molar-refractivity contribution in [2.45, 2.75) is 44.6 Å². The number of carbonyl (C=O) groups is 1. The normalized spacial score (nSPS) is 11.4. The van der Waals surface area contributed by atoms with E-state index in [0.717, 1.165) is 18.4 Å². The first-order valence-corrected chi connectivity index (χ1v) is 9.84. The van der Waals surface area contributed by atoms with E-state index in [1.165, 1.54) is 12.1 Å². The summed E-state index contributed by atoms with van der Waals surface area (Å²) in [5.74, 6) is -0.263.